The van der Waals surface area contributed by atoms with E-state index in [0.717, 1.165) is 54.0 Å². The van der Waals surface area contributed by atoms with E-state index in [2.05, 4.69) is 13.0 Å². The molecule has 2 aromatic carbocycles. The van der Waals surface area contributed by atoms with Crippen molar-refractivity contribution < 1.29 is 9.90 Å². The van der Waals surface area contributed by atoms with Crippen molar-refractivity contribution in [3.05, 3.63) is 83.5 Å². The highest BCUT2D eigenvalue weighted by Gasteiger charge is 2.12. The second-order valence-corrected chi connectivity index (χ2v) is 7.03. The average molecular weight is 389 g/mol. The standard InChI is InChI=1S/C24H27N3O2/c1-3-5-11-22-25-23(12-6-4-2)27(26-22)17-18-13-15-19(16-14-18)20-9-7-8-10-21(20)24(28)29/h4,6-10,13-16H,3,5,11-12,17H2,1-2H3,(H,28,29). The molecule has 0 aliphatic rings. The van der Waals surface area contributed by atoms with Crippen molar-refractivity contribution in [2.24, 2.45) is 0 Å². The van der Waals surface area contributed by atoms with E-state index in [-0.39, 0.29) is 0 Å². The number of carboxylic acids is 1. The molecule has 0 saturated heterocycles. The van der Waals surface area contributed by atoms with E-state index >= 15 is 0 Å². The zero-order valence-corrected chi connectivity index (χ0v) is 17.0. The highest BCUT2D eigenvalue weighted by Crippen LogP contribution is 2.24. The molecule has 150 valence electrons. The van der Waals surface area contributed by atoms with Crippen LogP contribution >= 0.6 is 0 Å². The molecule has 0 radical (unpaired) electrons. The van der Waals surface area contributed by atoms with Crippen LogP contribution in [0.4, 0.5) is 0 Å². The smallest absolute Gasteiger partial charge is 0.336 e. The first-order chi connectivity index (χ1) is 14.1. The minimum atomic E-state index is -0.916. The van der Waals surface area contributed by atoms with Gasteiger partial charge >= 0.3 is 5.97 Å². The molecule has 0 unspecified atom stereocenters. The summed E-state index contributed by atoms with van der Waals surface area (Å²) in [6, 6.07) is 15.1. The number of hydrogen-bond acceptors (Lipinski definition) is 3. The molecule has 5 nitrogen and oxygen atoms in total. The number of aromatic carboxylic acids is 1. The molecule has 1 aromatic heterocycles. The van der Waals surface area contributed by atoms with Gasteiger partial charge in [-0.15, -0.1) is 0 Å². The van der Waals surface area contributed by atoms with Crippen LogP contribution in [0, 0.1) is 0 Å². The molecule has 5 heteroatoms. The quantitative estimate of drug-likeness (QED) is 0.514. The van der Waals surface area contributed by atoms with Crippen molar-refractivity contribution in [3.63, 3.8) is 0 Å². The van der Waals surface area contributed by atoms with E-state index in [1.54, 1.807) is 12.1 Å². The summed E-state index contributed by atoms with van der Waals surface area (Å²) in [5.41, 5.74) is 3.03. The molecule has 0 bridgehead atoms. The predicted octanol–water partition coefficient (Wildman–Crippen LogP) is 5.15. The number of allylic oxidation sites excluding steroid dienone is 2. The summed E-state index contributed by atoms with van der Waals surface area (Å²) in [5.74, 6) is 0.952. The summed E-state index contributed by atoms with van der Waals surface area (Å²) in [4.78, 5) is 16.2. The van der Waals surface area contributed by atoms with E-state index in [4.69, 9.17) is 10.1 Å². The van der Waals surface area contributed by atoms with Gasteiger partial charge in [-0.2, -0.15) is 5.10 Å². The topological polar surface area (TPSA) is 68.0 Å². The van der Waals surface area contributed by atoms with Gasteiger partial charge < -0.3 is 5.11 Å². The number of hydrogen-bond donors (Lipinski definition) is 1. The molecule has 1 N–H and O–H groups in total. The minimum absolute atomic E-state index is 0.311. The lowest BCUT2D eigenvalue weighted by molar-refractivity contribution is 0.0697. The molecule has 3 aromatic rings. The van der Waals surface area contributed by atoms with Crippen LogP contribution in [0.2, 0.25) is 0 Å². The van der Waals surface area contributed by atoms with Gasteiger partial charge in [0.25, 0.3) is 0 Å². The number of aryl methyl sites for hydroxylation is 1. The van der Waals surface area contributed by atoms with Crippen molar-refractivity contribution in [1.29, 1.82) is 0 Å². The zero-order chi connectivity index (χ0) is 20.6. The normalized spacial score (nSPS) is 11.2. The Balaban J connectivity index is 1.82. The summed E-state index contributed by atoms with van der Waals surface area (Å²) in [6.45, 7) is 4.82. The second kappa shape index (κ2) is 9.82. The lowest BCUT2D eigenvalue weighted by Gasteiger charge is -2.09. The number of aromatic nitrogens is 3. The van der Waals surface area contributed by atoms with Gasteiger partial charge in [-0.3, -0.25) is 0 Å². The van der Waals surface area contributed by atoms with E-state index in [1.165, 1.54) is 0 Å². The monoisotopic (exact) mass is 389 g/mol. The zero-order valence-electron chi connectivity index (χ0n) is 17.0. The van der Waals surface area contributed by atoms with Crippen LogP contribution in [0.3, 0.4) is 0 Å². The third-order valence-corrected chi connectivity index (χ3v) is 4.84. The molecule has 0 amide bonds. The summed E-state index contributed by atoms with van der Waals surface area (Å²) in [5, 5.41) is 14.1. The van der Waals surface area contributed by atoms with Crippen LogP contribution in [0.15, 0.2) is 60.7 Å². The van der Waals surface area contributed by atoms with Gasteiger partial charge in [-0.25, -0.2) is 14.5 Å². The third-order valence-electron chi connectivity index (χ3n) is 4.84. The molecule has 1 heterocycles. The summed E-state index contributed by atoms with van der Waals surface area (Å²) >= 11 is 0. The minimum Gasteiger partial charge on any atom is -0.478 e. The molecule has 0 fully saturated rings. The molecule has 0 spiro atoms. The fraction of sp³-hybridized carbons (Fsp3) is 0.292. The Morgan fingerprint density at radius 2 is 1.90 bits per heavy atom. The van der Waals surface area contributed by atoms with Crippen LogP contribution in [0.5, 0.6) is 0 Å². The van der Waals surface area contributed by atoms with Gasteiger partial charge in [0.2, 0.25) is 0 Å². The Kier molecular flexibility index (Phi) is 6.95. The first-order valence-corrected chi connectivity index (χ1v) is 10.1. The summed E-state index contributed by atoms with van der Waals surface area (Å²) < 4.78 is 1.98. The number of nitrogens with zero attached hydrogens (tertiary/aromatic N) is 3. The Hall–Kier alpha value is -3.21. The first-order valence-electron chi connectivity index (χ1n) is 10.1. The van der Waals surface area contributed by atoms with Crippen LogP contribution in [-0.4, -0.2) is 25.8 Å². The van der Waals surface area contributed by atoms with Crippen LogP contribution in [0.25, 0.3) is 11.1 Å². The maximum atomic E-state index is 11.5. The Morgan fingerprint density at radius 3 is 2.59 bits per heavy atom. The maximum absolute atomic E-state index is 11.5. The van der Waals surface area contributed by atoms with Crippen LogP contribution < -0.4 is 0 Å². The second-order valence-electron chi connectivity index (χ2n) is 7.03. The van der Waals surface area contributed by atoms with Crippen molar-refractivity contribution in [1.82, 2.24) is 14.8 Å². The van der Waals surface area contributed by atoms with Gasteiger partial charge in [0.1, 0.15) is 5.82 Å². The van der Waals surface area contributed by atoms with E-state index in [1.807, 2.05) is 54.1 Å². The van der Waals surface area contributed by atoms with Gasteiger partial charge in [-0.1, -0.05) is 68.0 Å². The number of benzene rings is 2. The Morgan fingerprint density at radius 1 is 1.14 bits per heavy atom. The summed E-state index contributed by atoms with van der Waals surface area (Å²) in [6.07, 6.45) is 8.00. The number of rotatable bonds is 9. The number of carboxylic acid groups (broad SMARTS) is 1. The Bertz CT molecular complexity index is 988. The molecular formula is C24H27N3O2. The van der Waals surface area contributed by atoms with Crippen molar-refractivity contribution in [2.75, 3.05) is 0 Å². The molecule has 0 saturated carbocycles. The first kappa shape index (κ1) is 20.5. The SMILES string of the molecule is CC=CCc1nc(CCCC)nn1Cc1ccc(-c2ccccc2C(=O)O)cc1. The van der Waals surface area contributed by atoms with E-state index < -0.39 is 5.97 Å². The average Bonchev–Trinajstić information content (AvgIpc) is 3.12. The van der Waals surface area contributed by atoms with Crippen LogP contribution in [0.1, 0.15) is 54.3 Å². The lowest BCUT2D eigenvalue weighted by atomic mass is 9.99. The predicted molar refractivity (Wildman–Crippen MR) is 115 cm³/mol. The highest BCUT2D eigenvalue weighted by atomic mass is 16.4. The fourth-order valence-corrected chi connectivity index (χ4v) is 3.25. The van der Waals surface area contributed by atoms with Crippen molar-refractivity contribution in [3.8, 4) is 11.1 Å². The van der Waals surface area contributed by atoms with Crippen LogP contribution in [-0.2, 0) is 19.4 Å². The molecule has 0 aliphatic carbocycles. The van der Waals surface area contributed by atoms with Crippen molar-refractivity contribution >= 4 is 5.97 Å². The lowest BCUT2D eigenvalue weighted by Crippen LogP contribution is -2.07. The largest absolute Gasteiger partial charge is 0.478 e. The molecular weight excluding hydrogens is 362 g/mol. The summed E-state index contributed by atoms with van der Waals surface area (Å²) in [7, 11) is 0. The van der Waals surface area contributed by atoms with Gasteiger partial charge in [-0.05, 0) is 36.1 Å². The van der Waals surface area contributed by atoms with Gasteiger partial charge in [0.05, 0.1) is 12.1 Å². The third kappa shape index (κ3) is 5.19. The molecule has 29 heavy (non-hydrogen) atoms. The van der Waals surface area contributed by atoms with Crippen molar-refractivity contribution in [2.45, 2.75) is 46.1 Å². The molecule has 3 rings (SSSR count). The van der Waals surface area contributed by atoms with E-state index in [9.17, 15) is 9.90 Å². The number of unbranched alkanes of at least 4 members (excludes halogenated alkanes) is 1. The molecule has 0 atom stereocenters. The van der Waals surface area contributed by atoms with E-state index in [0.29, 0.717) is 12.1 Å². The molecule has 0 aliphatic heterocycles. The van der Waals surface area contributed by atoms with Gasteiger partial charge in [0, 0.05) is 12.8 Å². The number of carbonyl (C=O) groups is 1. The Labute approximate surface area is 171 Å². The fourth-order valence-electron chi connectivity index (χ4n) is 3.25. The van der Waals surface area contributed by atoms with Gasteiger partial charge in [0.15, 0.2) is 5.82 Å². The highest BCUT2D eigenvalue weighted by molar-refractivity contribution is 5.95. The maximum Gasteiger partial charge on any atom is 0.336 e.